The summed E-state index contributed by atoms with van der Waals surface area (Å²) in [6.07, 6.45) is -2.55. The van der Waals surface area contributed by atoms with Gasteiger partial charge < -0.3 is 4.74 Å². The lowest BCUT2D eigenvalue weighted by atomic mass is 10.1. The Morgan fingerprint density at radius 2 is 2.33 bits per heavy atom. The van der Waals surface area contributed by atoms with Crippen LogP contribution in [-0.2, 0) is 9.53 Å². The molecule has 4 heteroatoms. The minimum absolute atomic E-state index is 0.115. The van der Waals surface area contributed by atoms with Gasteiger partial charge >= 0.3 is 5.97 Å². The summed E-state index contributed by atoms with van der Waals surface area (Å²) in [5.41, 5.74) is 0. The lowest BCUT2D eigenvalue weighted by Gasteiger charge is -2.00. The molecule has 0 amide bonds. The van der Waals surface area contributed by atoms with Crippen molar-refractivity contribution in [1.82, 2.24) is 0 Å². The second-order valence-electron chi connectivity index (χ2n) is 1.98. The van der Waals surface area contributed by atoms with Crippen LogP contribution in [0.5, 0.6) is 0 Å². The molecule has 52 valence electrons. The lowest BCUT2D eigenvalue weighted by molar-refractivity contribution is -0.137. The second-order valence-corrected chi connectivity index (χ2v) is 1.98. The zero-order chi connectivity index (χ0) is 6.85. The molecule has 0 aliphatic carbocycles. The van der Waals surface area contributed by atoms with Gasteiger partial charge in [0.15, 0.2) is 0 Å². The van der Waals surface area contributed by atoms with Crippen LogP contribution < -0.4 is 0 Å². The van der Waals surface area contributed by atoms with E-state index in [1.807, 2.05) is 0 Å². The van der Waals surface area contributed by atoms with Gasteiger partial charge in [0.2, 0.25) is 6.43 Å². The van der Waals surface area contributed by atoms with Crippen LogP contribution in [-0.4, -0.2) is 19.0 Å². The molecule has 0 N–H and O–H groups in total. The SMILES string of the molecule is O=C1C[C@H](C(F)F)CO1. The highest BCUT2D eigenvalue weighted by Gasteiger charge is 2.30. The maximum Gasteiger partial charge on any atom is 0.306 e. The van der Waals surface area contributed by atoms with Gasteiger partial charge in [-0.2, -0.15) is 0 Å². The van der Waals surface area contributed by atoms with E-state index in [1.165, 1.54) is 0 Å². The van der Waals surface area contributed by atoms with Crippen LogP contribution >= 0.6 is 0 Å². The van der Waals surface area contributed by atoms with Crippen LogP contribution in [0.25, 0.3) is 0 Å². The van der Waals surface area contributed by atoms with Crippen molar-refractivity contribution in [3.05, 3.63) is 0 Å². The van der Waals surface area contributed by atoms with E-state index in [9.17, 15) is 13.6 Å². The van der Waals surface area contributed by atoms with Crippen molar-refractivity contribution in [1.29, 1.82) is 0 Å². The second kappa shape index (κ2) is 2.29. The molecule has 1 aliphatic heterocycles. The Labute approximate surface area is 50.8 Å². The lowest BCUT2D eigenvalue weighted by Crippen LogP contribution is -2.09. The zero-order valence-corrected chi connectivity index (χ0v) is 4.64. The van der Waals surface area contributed by atoms with Crippen LogP contribution in [0.1, 0.15) is 6.42 Å². The van der Waals surface area contributed by atoms with Gasteiger partial charge in [-0.1, -0.05) is 0 Å². The number of esters is 1. The predicted molar refractivity (Wildman–Crippen MR) is 25.1 cm³/mol. The molecule has 1 heterocycles. The van der Waals surface area contributed by atoms with E-state index < -0.39 is 18.3 Å². The first-order valence-electron chi connectivity index (χ1n) is 2.64. The van der Waals surface area contributed by atoms with E-state index in [0.29, 0.717) is 0 Å². The molecule has 0 aromatic carbocycles. The molecule has 9 heavy (non-hydrogen) atoms. The Kier molecular flexibility index (Phi) is 1.64. The minimum atomic E-state index is -2.42. The smallest absolute Gasteiger partial charge is 0.306 e. The maximum absolute atomic E-state index is 11.7. The molecule has 0 unspecified atom stereocenters. The number of halogens is 2. The molecular formula is C5H6F2O2. The number of carbonyl (C=O) groups excluding carboxylic acids is 1. The highest BCUT2D eigenvalue weighted by atomic mass is 19.3. The summed E-state index contributed by atoms with van der Waals surface area (Å²) in [5, 5.41) is 0. The minimum Gasteiger partial charge on any atom is -0.465 e. The highest BCUT2D eigenvalue weighted by Crippen LogP contribution is 2.20. The number of cyclic esters (lactones) is 1. The number of rotatable bonds is 1. The van der Waals surface area contributed by atoms with Crippen LogP contribution in [0.4, 0.5) is 8.78 Å². The molecule has 1 aliphatic rings. The Morgan fingerprint density at radius 1 is 1.67 bits per heavy atom. The van der Waals surface area contributed by atoms with Crippen molar-refractivity contribution >= 4 is 5.97 Å². The van der Waals surface area contributed by atoms with Gasteiger partial charge in [-0.3, -0.25) is 4.79 Å². The monoisotopic (exact) mass is 136 g/mol. The van der Waals surface area contributed by atoms with Gasteiger partial charge in [0.05, 0.1) is 12.3 Å². The number of hydrogen-bond donors (Lipinski definition) is 0. The van der Waals surface area contributed by atoms with Crippen LogP contribution in [0.3, 0.4) is 0 Å². The Bertz CT molecular complexity index is 124. The molecule has 2 nitrogen and oxygen atoms in total. The van der Waals surface area contributed by atoms with E-state index in [-0.39, 0.29) is 13.0 Å². The van der Waals surface area contributed by atoms with Crippen LogP contribution in [0.2, 0.25) is 0 Å². The van der Waals surface area contributed by atoms with E-state index in [0.717, 1.165) is 0 Å². The third-order valence-electron chi connectivity index (χ3n) is 1.24. The normalized spacial score (nSPS) is 27.0. The van der Waals surface area contributed by atoms with Crippen molar-refractivity contribution in [2.24, 2.45) is 5.92 Å². The molecule has 0 spiro atoms. The van der Waals surface area contributed by atoms with Crippen LogP contribution in [0, 0.1) is 5.92 Å². The van der Waals surface area contributed by atoms with Crippen molar-refractivity contribution in [3.63, 3.8) is 0 Å². The van der Waals surface area contributed by atoms with E-state index >= 15 is 0 Å². The number of carbonyl (C=O) groups is 1. The van der Waals surface area contributed by atoms with Gasteiger partial charge in [-0.05, 0) is 0 Å². The first kappa shape index (κ1) is 6.45. The van der Waals surface area contributed by atoms with E-state index in [4.69, 9.17) is 0 Å². The first-order chi connectivity index (χ1) is 4.20. The van der Waals surface area contributed by atoms with Gasteiger partial charge in [0.1, 0.15) is 6.61 Å². The highest BCUT2D eigenvalue weighted by molar-refractivity contribution is 5.71. The Morgan fingerprint density at radius 3 is 2.56 bits per heavy atom. The molecule has 0 aromatic rings. The number of hydrogen-bond acceptors (Lipinski definition) is 2. The maximum atomic E-state index is 11.7. The van der Waals surface area contributed by atoms with Gasteiger partial charge in [0, 0.05) is 0 Å². The predicted octanol–water partition coefficient (Wildman–Crippen LogP) is 0.815. The summed E-state index contributed by atoms with van der Waals surface area (Å²) in [5.74, 6) is -1.38. The molecule has 0 bridgehead atoms. The summed E-state index contributed by atoms with van der Waals surface area (Å²) >= 11 is 0. The molecule has 1 saturated heterocycles. The standard InChI is InChI=1S/C5H6F2O2/c6-5(7)3-1-4(8)9-2-3/h3,5H,1-2H2/t3-/m0/s1. The molecule has 1 fully saturated rings. The molecule has 0 saturated carbocycles. The molecular weight excluding hydrogens is 130 g/mol. The van der Waals surface area contributed by atoms with Crippen molar-refractivity contribution in [2.45, 2.75) is 12.8 Å². The first-order valence-corrected chi connectivity index (χ1v) is 2.64. The number of ether oxygens (including phenoxy) is 1. The number of alkyl halides is 2. The summed E-state index contributed by atoms with van der Waals surface area (Å²) in [6.45, 7) is -0.115. The summed E-state index contributed by atoms with van der Waals surface area (Å²) in [7, 11) is 0. The fraction of sp³-hybridized carbons (Fsp3) is 0.800. The van der Waals surface area contributed by atoms with Crippen molar-refractivity contribution in [2.75, 3.05) is 6.61 Å². The fourth-order valence-electron chi connectivity index (χ4n) is 0.694. The van der Waals surface area contributed by atoms with Crippen molar-refractivity contribution in [3.8, 4) is 0 Å². The van der Waals surface area contributed by atoms with Gasteiger partial charge in [-0.25, -0.2) is 8.78 Å². The summed E-state index contributed by atoms with van der Waals surface area (Å²) in [4.78, 5) is 10.2. The summed E-state index contributed by atoms with van der Waals surface area (Å²) in [6, 6.07) is 0. The third-order valence-corrected chi connectivity index (χ3v) is 1.24. The fourth-order valence-corrected chi connectivity index (χ4v) is 0.694. The summed E-state index contributed by atoms with van der Waals surface area (Å²) < 4.78 is 27.7. The molecule has 0 aromatic heterocycles. The average Bonchev–Trinajstić information content (AvgIpc) is 2.14. The Hall–Kier alpha value is -0.670. The van der Waals surface area contributed by atoms with Crippen LogP contribution in [0.15, 0.2) is 0 Å². The average molecular weight is 136 g/mol. The largest absolute Gasteiger partial charge is 0.465 e. The van der Waals surface area contributed by atoms with Crippen molar-refractivity contribution < 1.29 is 18.3 Å². The molecule has 0 radical (unpaired) electrons. The quantitative estimate of drug-likeness (QED) is 0.499. The topological polar surface area (TPSA) is 26.3 Å². The molecule has 1 rings (SSSR count). The Balaban J connectivity index is 2.39. The molecule has 1 atom stereocenters. The zero-order valence-electron chi connectivity index (χ0n) is 4.64. The third kappa shape index (κ3) is 1.37. The van der Waals surface area contributed by atoms with E-state index in [1.54, 1.807) is 0 Å². The van der Waals surface area contributed by atoms with E-state index in [2.05, 4.69) is 4.74 Å². The van der Waals surface area contributed by atoms with Gasteiger partial charge in [-0.15, -0.1) is 0 Å². The van der Waals surface area contributed by atoms with Gasteiger partial charge in [0.25, 0.3) is 0 Å².